The molecular weight excluding hydrogens is 415 g/mol. The highest BCUT2D eigenvalue weighted by molar-refractivity contribution is 5.46. The van der Waals surface area contributed by atoms with E-state index >= 15 is 0 Å². The molecule has 0 saturated carbocycles. The molecule has 0 amide bonds. The van der Waals surface area contributed by atoms with Gasteiger partial charge in [0.15, 0.2) is 0 Å². The first kappa shape index (κ1) is 22.6. The van der Waals surface area contributed by atoms with E-state index in [4.69, 9.17) is 0 Å². The Bertz CT molecular complexity index is 1070. The number of alkyl halides is 3. The number of nitrogens with zero attached hydrogens (tertiary/aromatic N) is 3. The van der Waals surface area contributed by atoms with E-state index in [1.165, 1.54) is 13.0 Å². The lowest BCUT2D eigenvalue weighted by atomic mass is 10.0. The SMILES string of the molecule is Cc1nc(NCc2cccc(C(F)(F)F)c2C)c2/c(n1)=C\CCCN1CCC(CC1)N/C=2. The van der Waals surface area contributed by atoms with E-state index in [2.05, 4.69) is 31.6 Å². The lowest BCUT2D eigenvalue weighted by Gasteiger charge is -2.32. The predicted octanol–water partition coefficient (Wildman–Crippen LogP) is 3.09. The van der Waals surface area contributed by atoms with Crippen LogP contribution < -0.4 is 21.2 Å². The Morgan fingerprint density at radius 2 is 1.91 bits per heavy atom. The van der Waals surface area contributed by atoms with Crippen molar-refractivity contribution in [1.29, 1.82) is 0 Å². The fourth-order valence-electron chi connectivity index (χ4n) is 4.47. The average Bonchev–Trinajstić information content (AvgIpc) is 2.74. The summed E-state index contributed by atoms with van der Waals surface area (Å²) in [5, 5.41) is 8.55. The Morgan fingerprint density at radius 3 is 2.66 bits per heavy atom. The van der Waals surface area contributed by atoms with E-state index in [0.717, 1.165) is 62.0 Å². The molecule has 5 nitrogen and oxygen atoms in total. The number of benzene rings is 1. The second-order valence-corrected chi connectivity index (χ2v) is 8.63. The lowest BCUT2D eigenvalue weighted by Crippen LogP contribution is -2.43. The molecule has 2 N–H and O–H groups in total. The first-order valence-corrected chi connectivity index (χ1v) is 11.2. The Hall–Kier alpha value is -2.61. The van der Waals surface area contributed by atoms with Gasteiger partial charge in [-0.3, -0.25) is 0 Å². The van der Waals surface area contributed by atoms with E-state index in [1.54, 1.807) is 6.07 Å². The van der Waals surface area contributed by atoms with Crippen molar-refractivity contribution in [3.8, 4) is 0 Å². The third-order valence-electron chi connectivity index (χ3n) is 6.35. The molecule has 0 unspecified atom stereocenters. The highest BCUT2D eigenvalue weighted by atomic mass is 19.4. The third kappa shape index (κ3) is 5.23. The van der Waals surface area contributed by atoms with Gasteiger partial charge in [-0.2, -0.15) is 13.2 Å². The maximum atomic E-state index is 13.3. The number of fused-ring (bicyclic) bond motifs is 6. The minimum absolute atomic E-state index is 0.239. The van der Waals surface area contributed by atoms with Gasteiger partial charge in [-0.15, -0.1) is 0 Å². The molecule has 1 fully saturated rings. The van der Waals surface area contributed by atoms with E-state index in [9.17, 15) is 13.2 Å². The number of hydrogen-bond acceptors (Lipinski definition) is 5. The topological polar surface area (TPSA) is 53.1 Å². The van der Waals surface area contributed by atoms with Gasteiger partial charge in [0.25, 0.3) is 0 Å². The van der Waals surface area contributed by atoms with Crippen molar-refractivity contribution < 1.29 is 13.2 Å². The van der Waals surface area contributed by atoms with Crippen molar-refractivity contribution in [2.75, 3.05) is 25.0 Å². The van der Waals surface area contributed by atoms with Crippen LogP contribution >= 0.6 is 0 Å². The smallest absolute Gasteiger partial charge is 0.387 e. The zero-order chi connectivity index (χ0) is 22.7. The third-order valence-corrected chi connectivity index (χ3v) is 6.35. The fraction of sp³-hybridized carbons (Fsp3) is 0.500. The number of hydrogen-bond donors (Lipinski definition) is 2. The molecule has 0 radical (unpaired) electrons. The molecule has 32 heavy (non-hydrogen) atoms. The number of nitrogens with one attached hydrogen (secondary N) is 2. The number of piperidine rings is 1. The van der Waals surface area contributed by atoms with Crippen LogP contribution in [0.4, 0.5) is 19.0 Å². The van der Waals surface area contributed by atoms with Gasteiger partial charge < -0.3 is 15.5 Å². The molecule has 8 heteroatoms. The molecule has 5 rings (SSSR count). The Balaban J connectivity index is 1.67. The molecular formula is C24H30F3N5. The lowest BCUT2D eigenvalue weighted by molar-refractivity contribution is -0.138. The van der Waals surface area contributed by atoms with Crippen molar-refractivity contribution in [3.05, 3.63) is 51.3 Å². The molecule has 0 spiro atoms. The molecule has 1 aromatic carbocycles. The fourth-order valence-corrected chi connectivity index (χ4v) is 4.47. The van der Waals surface area contributed by atoms with Crippen molar-refractivity contribution in [1.82, 2.24) is 20.2 Å². The summed E-state index contributed by atoms with van der Waals surface area (Å²) in [6.07, 6.45) is 3.93. The van der Waals surface area contributed by atoms with Crippen molar-refractivity contribution in [3.63, 3.8) is 0 Å². The number of aryl methyl sites for hydroxylation is 1. The van der Waals surface area contributed by atoms with Gasteiger partial charge >= 0.3 is 6.18 Å². The van der Waals surface area contributed by atoms with Gasteiger partial charge in [-0.25, -0.2) is 9.97 Å². The summed E-state index contributed by atoms with van der Waals surface area (Å²) < 4.78 is 39.9. The van der Waals surface area contributed by atoms with E-state index < -0.39 is 11.7 Å². The summed E-state index contributed by atoms with van der Waals surface area (Å²) in [5.74, 6) is 1.27. The highest BCUT2D eigenvalue weighted by Gasteiger charge is 2.32. The van der Waals surface area contributed by atoms with Crippen LogP contribution in [-0.2, 0) is 12.7 Å². The Morgan fingerprint density at radius 1 is 1.12 bits per heavy atom. The number of halogens is 3. The minimum atomic E-state index is -4.36. The second-order valence-electron chi connectivity index (χ2n) is 8.63. The molecule has 0 aliphatic carbocycles. The molecule has 0 atom stereocenters. The molecule has 1 aromatic heterocycles. The number of aromatic nitrogens is 2. The Kier molecular flexibility index (Phi) is 6.69. The summed E-state index contributed by atoms with van der Waals surface area (Å²) in [4.78, 5) is 11.7. The highest BCUT2D eigenvalue weighted by Crippen LogP contribution is 2.33. The largest absolute Gasteiger partial charge is 0.416 e. The van der Waals surface area contributed by atoms with Crippen LogP contribution in [0.15, 0.2) is 18.2 Å². The van der Waals surface area contributed by atoms with Crippen molar-refractivity contribution in [2.45, 2.75) is 58.3 Å². The van der Waals surface area contributed by atoms with Gasteiger partial charge in [0, 0.05) is 31.9 Å². The summed E-state index contributed by atoms with van der Waals surface area (Å²) in [6.45, 7) is 6.90. The summed E-state index contributed by atoms with van der Waals surface area (Å²) in [7, 11) is 0. The van der Waals surface area contributed by atoms with Gasteiger partial charge in [0.1, 0.15) is 11.6 Å². The normalized spacial score (nSPS) is 23.4. The molecule has 2 bridgehead atoms. The van der Waals surface area contributed by atoms with Gasteiger partial charge in [0.05, 0.1) is 16.1 Å². The van der Waals surface area contributed by atoms with Gasteiger partial charge in [-0.1, -0.05) is 18.2 Å². The number of rotatable bonds is 3. The van der Waals surface area contributed by atoms with Crippen LogP contribution in [0.1, 0.15) is 48.2 Å². The zero-order valence-electron chi connectivity index (χ0n) is 18.6. The monoisotopic (exact) mass is 445 g/mol. The first-order chi connectivity index (χ1) is 15.3. The number of anilines is 1. The molecule has 3 aliphatic rings. The molecule has 1 saturated heterocycles. The van der Waals surface area contributed by atoms with Crippen molar-refractivity contribution in [2.24, 2.45) is 0 Å². The van der Waals surface area contributed by atoms with Gasteiger partial charge in [-0.05, 0) is 63.3 Å². The van der Waals surface area contributed by atoms with E-state index in [-0.39, 0.29) is 12.1 Å². The van der Waals surface area contributed by atoms with Crippen LogP contribution in [0.3, 0.4) is 0 Å². The van der Waals surface area contributed by atoms with E-state index in [0.29, 0.717) is 23.2 Å². The maximum absolute atomic E-state index is 13.3. The first-order valence-electron chi connectivity index (χ1n) is 11.2. The van der Waals surface area contributed by atoms with E-state index in [1.807, 2.05) is 13.1 Å². The van der Waals surface area contributed by atoms with Crippen molar-refractivity contribution >= 4 is 18.1 Å². The summed E-state index contributed by atoms with van der Waals surface area (Å²) >= 11 is 0. The quantitative estimate of drug-likeness (QED) is 0.761. The van der Waals surface area contributed by atoms with Crippen LogP contribution in [-0.4, -0.2) is 40.5 Å². The molecule has 172 valence electrons. The van der Waals surface area contributed by atoms with Crippen LogP contribution in [0.25, 0.3) is 12.3 Å². The van der Waals surface area contributed by atoms with Crippen LogP contribution in [0, 0.1) is 13.8 Å². The minimum Gasteiger partial charge on any atom is -0.387 e. The molecule has 3 aliphatic heterocycles. The maximum Gasteiger partial charge on any atom is 0.416 e. The zero-order valence-corrected chi connectivity index (χ0v) is 18.6. The Labute approximate surface area is 186 Å². The van der Waals surface area contributed by atoms with Crippen LogP contribution in [0.5, 0.6) is 0 Å². The molecule has 2 aromatic rings. The van der Waals surface area contributed by atoms with Gasteiger partial charge in [0.2, 0.25) is 0 Å². The average molecular weight is 446 g/mol. The van der Waals surface area contributed by atoms with Crippen LogP contribution in [0.2, 0.25) is 0 Å². The molecule has 4 heterocycles. The summed E-state index contributed by atoms with van der Waals surface area (Å²) in [6, 6.07) is 4.70. The predicted molar refractivity (Wildman–Crippen MR) is 120 cm³/mol. The summed E-state index contributed by atoms with van der Waals surface area (Å²) in [5.41, 5.74) is 0.240. The second kappa shape index (κ2) is 9.48. The standard InChI is InChI=1S/C24H30F3N5/c1-16-18(6-5-7-21(16)24(25,26)27)14-29-23-20-15-28-19-9-12-32(13-10-19)11-4-3-8-22(20)30-17(2)31-23/h5-8,15,19,28H,3-4,9-14H2,1-2H3,(H,29,30,31)/b20-15-,22-8+.